The molecule has 9 heteroatoms. The van der Waals surface area contributed by atoms with Crippen molar-refractivity contribution in [3.05, 3.63) is 83.3 Å². The predicted octanol–water partition coefficient (Wildman–Crippen LogP) is 5.72. The highest BCUT2D eigenvalue weighted by Gasteiger charge is 2.30. The molecule has 0 aliphatic rings. The maximum Gasteiger partial charge on any atom is 0.319 e. The number of aryl methyl sites for hydroxylation is 1. The minimum Gasteiger partial charge on any atom is -0.480 e. The summed E-state index contributed by atoms with van der Waals surface area (Å²) in [6.45, 7) is 6.50. The van der Waals surface area contributed by atoms with E-state index in [0.717, 1.165) is 38.8 Å². The van der Waals surface area contributed by atoms with Crippen molar-refractivity contribution >= 4 is 35.0 Å². The van der Waals surface area contributed by atoms with Gasteiger partial charge in [0.15, 0.2) is 4.34 Å². The van der Waals surface area contributed by atoms with Crippen LogP contribution >= 0.6 is 23.1 Å². The lowest BCUT2D eigenvalue weighted by Gasteiger charge is -2.22. The molecule has 0 amide bonds. The van der Waals surface area contributed by atoms with Gasteiger partial charge in [-0.25, -0.2) is 15.0 Å². The molecule has 4 rings (SSSR count). The van der Waals surface area contributed by atoms with E-state index >= 15 is 0 Å². The minimum absolute atomic E-state index is 0.496. The topological polar surface area (TPSA) is 92.1 Å². The zero-order valence-corrected chi connectivity index (χ0v) is 21.5. The lowest BCUT2D eigenvalue weighted by Crippen LogP contribution is -2.27. The molecule has 4 aromatic rings. The van der Waals surface area contributed by atoms with Crippen LogP contribution in [0.1, 0.15) is 37.6 Å². The Bertz CT molecular complexity index is 1260. The Morgan fingerprint density at radius 2 is 1.71 bits per heavy atom. The normalized spacial score (nSPS) is 11.4. The van der Waals surface area contributed by atoms with E-state index in [1.54, 1.807) is 13.8 Å². The average molecular weight is 506 g/mol. The quantitative estimate of drug-likeness (QED) is 0.274. The maximum absolute atomic E-state index is 11.5. The summed E-state index contributed by atoms with van der Waals surface area (Å²) in [5.74, 6) is -0.251. The molecule has 0 spiro atoms. The van der Waals surface area contributed by atoms with Gasteiger partial charge in [-0.15, -0.1) is 11.3 Å². The van der Waals surface area contributed by atoms with Gasteiger partial charge in [0.25, 0.3) is 0 Å². The third kappa shape index (κ3) is 6.43. The second-order valence-corrected chi connectivity index (χ2v) is 11.3. The first-order chi connectivity index (χ1) is 16.8. The van der Waals surface area contributed by atoms with Crippen molar-refractivity contribution in [3.8, 4) is 11.3 Å². The Morgan fingerprint density at radius 1 is 1.00 bits per heavy atom. The second-order valence-electron chi connectivity index (χ2n) is 8.54. The number of aliphatic carboxylic acids is 1. The van der Waals surface area contributed by atoms with Gasteiger partial charge < -0.3 is 10.0 Å². The van der Waals surface area contributed by atoms with Gasteiger partial charge in [0.2, 0.25) is 5.95 Å². The molecule has 3 heterocycles. The van der Waals surface area contributed by atoms with Crippen LogP contribution in [-0.4, -0.2) is 35.8 Å². The summed E-state index contributed by atoms with van der Waals surface area (Å²) in [5.41, 5.74) is 4.95. The van der Waals surface area contributed by atoms with Crippen molar-refractivity contribution in [2.45, 2.75) is 49.4 Å². The number of anilines is 1. The molecule has 0 fully saturated rings. The number of hydrogen-bond acceptors (Lipinski definition) is 8. The predicted molar refractivity (Wildman–Crippen MR) is 141 cm³/mol. The summed E-state index contributed by atoms with van der Waals surface area (Å²) in [4.78, 5) is 32.0. The molecule has 0 unspecified atom stereocenters. The van der Waals surface area contributed by atoms with Gasteiger partial charge in [-0.05, 0) is 37.5 Å². The molecule has 0 atom stereocenters. The molecular weight excluding hydrogens is 478 g/mol. The fraction of sp³-hybridized carbons (Fsp3) is 0.269. The Hall–Kier alpha value is -3.30. The van der Waals surface area contributed by atoms with Gasteiger partial charge in [0, 0.05) is 36.1 Å². The number of hydrogen-bond donors (Lipinski definition) is 1. The molecule has 0 aliphatic heterocycles. The third-order valence-corrected chi connectivity index (χ3v) is 7.56. The van der Waals surface area contributed by atoms with Crippen LogP contribution in [0.2, 0.25) is 0 Å². The first kappa shape index (κ1) is 24.8. The highest BCUT2D eigenvalue weighted by Crippen LogP contribution is 2.35. The molecule has 0 radical (unpaired) electrons. The Kier molecular flexibility index (Phi) is 7.77. The van der Waals surface area contributed by atoms with Crippen LogP contribution in [0.25, 0.3) is 11.3 Å². The summed E-state index contributed by atoms with van der Waals surface area (Å²) in [5, 5.41) is 11.4. The van der Waals surface area contributed by atoms with E-state index < -0.39 is 10.7 Å². The van der Waals surface area contributed by atoms with Crippen LogP contribution in [0, 0.1) is 0 Å². The molecule has 7 nitrogen and oxygen atoms in total. The highest BCUT2D eigenvalue weighted by molar-refractivity contribution is 8.03. The molecule has 1 aromatic carbocycles. The van der Waals surface area contributed by atoms with Gasteiger partial charge in [-0.2, -0.15) is 0 Å². The van der Waals surface area contributed by atoms with Gasteiger partial charge in [-0.3, -0.25) is 9.78 Å². The van der Waals surface area contributed by atoms with E-state index in [4.69, 9.17) is 0 Å². The van der Waals surface area contributed by atoms with E-state index in [0.29, 0.717) is 19.0 Å². The molecular formula is C26H27N5O2S2. The standard InChI is InChI=1S/C26H27N5O2S2/c1-4-18-12-28-24(29-13-18)31(16-21-17-34-25(30-21)35-26(2,3)23(32)33)15-19-10-11-22(27-14-19)20-8-6-5-7-9-20/h5-14,17H,4,15-16H2,1-3H3,(H,32,33). The number of benzene rings is 1. The van der Waals surface area contributed by atoms with Crippen molar-refractivity contribution in [2.75, 3.05) is 4.90 Å². The van der Waals surface area contributed by atoms with Crippen molar-refractivity contribution in [3.63, 3.8) is 0 Å². The Balaban J connectivity index is 1.55. The van der Waals surface area contributed by atoms with E-state index in [2.05, 4.69) is 37.8 Å². The third-order valence-electron chi connectivity index (χ3n) is 5.39. The summed E-state index contributed by atoms with van der Waals surface area (Å²) >= 11 is 2.71. The summed E-state index contributed by atoms with van der Waals surface area (Å²) in [6.07, 6.45) is 6.46. The van der Waals surface area contributed by atoms with Crippen LogP contribution < -0.4 is 4.90 Å². The number of carboxylic acid groups (broad SMARTS) is 1. The molecule has 180 valence electrons. The van der Waals surface area contributed by atoms with Gasteiger partial charge in [0.05, 0.1) is 17.9 Å². The fourth-order valence-corrected chi connectivity index (χ4v) is 5.46. The number of carboxylic acids is 1. The van der Waals surface area contributed by atoms with Crippen LogP contribution in [0.15, 0.2) is 70.8 Å². The molecule has 3 aromatic heterocycles. The Morgan fingerprint density at radius 3 is 2.34 bits per heavy atom. The smallest absolute Gasteiger partial charge is 0.319 e. The molecule has 0 saturated heterocycles. The summed E-state index contributed by atoms with van der Waals surface area (Å²) in [6, 6.07) is 14.2. The van der Waals surface area contributed by atoms with Crippen molar-refractivity contribution < 1.29 is 9.90 Å². The minimum atomic E-state index is -0.944. The van der Waals surface area contributed by atoms with Gasteiger partial charge in [-0.1, -0.05) is 55.1 Å². The first-order valence-corrected chi connectivity index (χ1v) is 13.0. The highest BCUT2D eigenvalue weighted by atomic mass is 32.2. The van der Waals surface area contributed by atoms with E-state index in [9.17, 15) is 9.90 Å². The number of pyridine rings is 1. The average Bonchev–Trinajstić information content (AvgIpc) is 3.30. The fourth-order valence-electron chi connectivity index (χ4n) is 3.27. The van der Waals surface area contributed by atoms with Crippen molar-refractivity contribution in [2.24, 2.45) is 0 Å². The van der Waals surface area contributed by atoms with Crippen LogP contribution in [-0.2, 0) is 24.3 Å². The largest absolute Gasteiger partial charge is 0.480 e. The van der Waals surface area contributed by atoms with Crippen molar-refractivity contribution in [1.29, 1.82) is 0 Å². The van der Waals surface area contributed by atoms with Gasteiger partial charge in [0.1, 0.15) is 4.75 Å². The van der Waals surface area contributed by atoms with E-state index in [1.165, 1.54) is 23.1 Å². The zero-order chi connectivity index (χ0) is 24.8. The Labute approximate surface area is 213 Å². The number of thiazole rings is 1. The van der Waals surface area contributed by atoms with E-state index in [-0.39, 0.29) is 0 Å². The number of nitrogens with zero attached hydrogens (tertiary/aromatic N) is 5. The first-order valence-electron chi connectivity index (χ1n) is 11.3. The monoisotopic (exact) mass is 505 g/mol. The van der Waals surface area contributed by atoms with E-state index in [1.807, 2.05) is 60.4 Å². The number of carbonyl (C=O) groups is 1. The summed E-state index contributed by atoms with van der Waals surface area (Å²) in [7, 11) is 0. The summed E-state index contributed by atoms with van der Waals surface area (Å²) < 4.78 is -0.219. The van der Waals surface area contributed by atoms with Crippen molar-refractivity contribution in [1.82, 2.24) is 19.9 Å². The lowest BCUT2D eigenvalue weighted by atomic mass is 10.1. The number of aromatic nitrogens is 4. The maximum atomic E-state index is 11.5. The number of rotatable bonds is 10. The zero-order valence-electron chi connectivity index (χ0n) is 19.9. The molecule has 1 N–H and O–H groups in total. The van der Waals surface area contributed by atoms with Crippen LogP contribution in [0.3, 0.4) is 0 Å². The molecule has 0 bridgehead atoms. The lowest BCUT2D eigenvalue weighted by molar-refractivity contribution is -0.138. The van der Waals surface area contributed by atoms with Gasteiger partial charge >= 0.3 is 5.97 Å². The molecule has 0 saturated carbocycles. The molecule has 35 heavy (non-hydrogen) atoms. The molecule has 0 aliphatic carbocycles. The van der Waals surface area contributed by atoms with Crippen LogP contribution in [0.4, 0.5) is 5.95 Å². The second kappa shape index (κ2) is 11.0. The number of thioether (sulfide) groups is 1. The van der Waals surface area contributed by atoms with Crippen LogP contribution in [0.5, 0.6) is 0 Å². The SMILES string of the molecule is CCc1cnc(N(Cc2ccc(-c3ccccc3)nc2)Cc2csc(SC(C)(C)C(=O)O)n2)nc1.